The lowest BCUT2D eigenvalue weighted by Gasteiger charge is -2.19. The molecule has 0 bridgehead atoms. The van der Waals surface area contributed by atoms with Crippen molar-refractivity contribution >= 4 is 33.3 Å². The molecule has 0 aliphatic heterocycles. The van der Waals surface area contributed by atoms with Gasteiger partial charge in [0.1, 0.15) is 17.8 Å². The molecule has 1 aromatic carbocycles. The number of hydrogen-bond donors (Lipinski definition) is 3. The zero-order chi connectivity index (χ0) is 22.1. The summed E-state index contributed by atoms with van der Waals surface area (Å²) in [4.78, 5) is 24.3. The van der Waals surface area contributed by atoms with Crippen LogP contribution >= 0.6 is 0 Å². The molecule has 2 heterocycles. The zero-order valence-electron chi connectivity index (χ0n) is 16.5. The molecule has 0 radical (unpaired) electrons. The number of benzene rings is 1. The predicted molar refractivity (Wildman–Crippen MR) is 107 cm³/mol. The normalized spacial score (nSPS) is 12.1. The number of aromatic nitrogens is 4. The number of ether oxygens (including phenoxy) is 1. The Labute approximate surface area is 172 Å². The molecule has 160 valence electrons. The van der Waals surface area contributed by atoms with Gasteiger partial charge in [-0.2, -0.15) is 13.4 Å². The van der Waals surface area contributed by atoms with E-state index in [1.807, 2.05) is 35.1 Å². The highest BCUT2D eigenvalue weighted by Crippen LogP contribution is 2.26. The van der Waals surface area contributed by atoms with Crippen molar-refractivity contribution in [3.63, 3.8) is 0 Å². The fraction of sp³-hybridized carbons (Fsp3) is 0.333. The van der Waals surface area contributed by atoms with Gasteiger partial charge in [-0.05, 0) is 26.3 Å². The van der Waals surface area contributed by atoms with Crippen molar-refractivity contribution in [3.05, 3.63) is 41.7 Å². The smallest absolute Gasteiger partial charge is 0.358 e. The molecule has 12 heteroatoms. The SMILES string of the molecule is CC(C)(C)OC(=O)Cc1nc(NS(=O)(=O)O)c2nc(O)n(Cc3ccccc3)c2n1. The van der Waals surface area contributed by atoms with E-state index in [0.717, 1.165) is 5.56 Å². The van der Waals surface area contributed by atoms with Crippen molar-refractivity contribution in [2.45, 2.75) is 39.3 Å². The topological polar surface area (TPSA) is 157 Å². The average molecular weight is 435 g/mol. The second-order valence-electron chi connectivity index (χ2n) is 7.48. The molecular weight excluding hydrogens is 414 g/mol. The number of carbonyl (C=O) groups is 1. The number of fused-ring (bicyclic) bond motifs is 1. The number of esters is 1. The number of rotatable bonds is 6. The largest absolute Gasteiger partial charge is 0.480 e. The molecule has 0 fully saturated rings. The van der Waals surface area contributed by atoms with Gasteiger partial charge in [-0.25, -0.2) is 14.7 Å². The zero-order valence-corrected chi connectivity index (χ0v) is 17.3. The van der Waals surface area contributed by atoms with Gasteiger partial charge in [-0.15, -0.1) is 0 Å². The van der Waals surface area contributed by atoms with Crippen molar-refractivity contribution in [1.29, 1.82) is 0 Å². The molecule has 0 aliphatic carbocycles. The van der Waals surface area contributed by atoms with E-state index < -0.39 is 27.9 Å². The van der Waals surface area contributed by atoms with Crippen LogP contribution in [-0.4, -0.2) is 49.2 Å². The third-order valence-corrected chi connectivity index (χ3v) is 4.20. The fourth-order valence-electron chi connectivity index (χ4n) is 2.72. The van der Waals surface area contributed by atoms with Crippen LogP contribution in [0.25, 0.3) is 11.2 Å². The highest BCUT2D eigenvalue weighted by Gasteiger charge is 2.23. The highest BCUT2D eigenvalue weighted by molar-refractivity contribution is 7.87. The number of imidazole rings is 1. The van der Waals surface area contributed by atoms with E-state index >= 15 is 0 Å². The standard InChI is InChI=1S/C18H21N5O6S/c1-18(2,3)29-13(24)9-12-19-15(22-30(26,27)28)14-16(20-12)23(17(25)21-14)10-11-7-5-4-6-8-11/h4-8H,9-10H2,1-3H3,(H,21,25)(H,19,20,22)(H,26,27,28). The first-order valence-electron chi connectivity index (χ1n) is 8.88. The van der Waals surface area contributed by atoms with Crippen LogP contribution in [0.3, 0.4) is 0 Å². The minimum atomic E-state index is -4.69. The van der Waals surface area contributed by atoms with E-state index in [2.05, 4.69) is 15.0 Å². The molecule has 3 N–H and O–H groups in total. The van der Waals surface area contributed by atoms with E-state index in [1.54, 1.807) is 20.8 Å². The van der Waals surface area contributed by atoms with Crippen LogP contribution in [0.4, 0.5) is 5.82 Å². The Hall–Kier alpha value is -3.25. The molecule has 2 aromatic heterocycles. The van der Waals surface area contributed by atoms with Gasteiger partial charge in [-0.3, -0.25) is 13.9 Å². The molecule has 0 spiro atoms. The first-order valence-corrected chi connectivity index (χ1v) is 10.3. The van der Waals surface area contributed by atoms with Gasteiger partial charge >= 0.3 is 16.3 Å². The van der Waals surface area contributed by atoms with Crippen molar-refractivity contribution in [1.82, 2.24) is 19.5 Å². The Balaban J connectivity index is 2.08. The van der Waals surface area contributed by atoms with Gasteiger partial charge in [0.05, 0.1) is 6.54 Å². The van der Waals surface area contributed by atoms with Crippen LogP contribution in [0, 0.1) is 0 Å². The van der Waals surface area contributed by atoms with E-state index in [0.29, 0.717) is 0 Å². The molecule has 30 heavy (non-hydrogen) atoms. The van der Waals surface area contributed by atoms with E-state index in [4.69, 9.17) is 4.74 Å². The summed E-state index contributed by atoms with van der Waals surface area (Å²) < 4.78 is 40.3. The molecule has 0 aliphatic rings. The number of nitrogens with one attached hydrogen (secondary N) is 1. The second kappa shape index (κ2) is 7.88. The predicted octanol–water partition coefficient (Wildman–Crippen LogP) is 1.68. The first-order chi connectivity index (χ1) is 13.9. The first kappa shape index (κ1) is 21.5. The Kier molecular flexibility index (Phi) is 5.63. The third kappa shape index (κ3) is 5.42. The van der Waals surface area contributed by atoms with Crippen LogP contribution in [0.2, 0.25) is 0 Å². The van der Waals surface area contributed by atoms with Crippen LogP contribution in [-0.2, 0) is 32.8 Å². The Morgan fingerprint density at radius 2 is 1.83 bits per heavy atom. The maximum absolute atomic E-state index is 12.2. The van der Waals surface area contributed by atoms with Gasteiger partial charge in [0.15, 0.2) is 17.0 Å². The monoisotopic (exact) mass is 435 g/mol. The fourth-order valence-corrected chi connectivity index (χ4v) is 3.11. The summed E-state index contributed by atoms with van der Waals surface area (Å²) in [6, 6.07) is 8.69. The van der Waals surface area contributed by atoms with Crippen molar-refractivity contribution < 1.29 is 27.6 Å². The quantitative estimate of drug-likeness (QED) is 0.387. The molecule has 0 saturated carbocycles. The Morgan fingerprint density at radius 3 is 2.43 bits per heavy atom. The third-order valence-electron chi connectivity index (χ3n) is 3.75. The maximum Gasteiger partial charge on any atom is 0.358 e. The average Bonchev–Trinajstić information content (AvgIpc) is 2.89. The van der Waals surface area contributed by atoms with Crippen LogP contribution in [0.5, 0.6) is 6.01 Å². The summed E-state index contributed by atoms with van der Waals surface area (Å²) in [5.41, 5.74) is 0.0816. The number of anilines is 1. The van der Waals surface area contributed by atoms with Gasteiger partial charge in [0.2, 0.25) is 0 Å². The number of nitrogens with zero attached hydrogens (tertiary/aromatic N) is 4. The number of aromatic hydroxyl groups is 1. The van der Waals surface area contributed by atoms with Gasteiger partial charge in [0, 0.05) is 0 Å². The summed E-state index contributed by atoms with van der Waals surface area (Å²) in [6.07, 6.45) is -0.357. The van der Waals surface area contributed by atoms with E-state index in [-0.39, 0.29) is 35.8 Å². The lowest BCUT2D eigenvalue weighted by molar-refractivity contribution is -0.154. The molecule has 11 nitrogen and oxygen atoms in total. The van der Waals surface area contributed by atoms with Crippen molar-refractivity contribution in [2.75, 3.05) is 4.72 Å². The molecule has 0 saturated heterocycles. The van der Waals surface area contributed by atoms with E-state index in [1.165, 1.54) is 4.57 Å². The summed E-state index contributed by atoms with van der Waals surface area (Å²) in [5.74, 6) is -1.07. The molecular formula is C18H21N5O6S. The van der Waals surface area contributed by atoms with Gasteiger partial charge in [0.25, 0.3) is 6.01 Å². The minimum absolute atomic E-state index is 0.0721. The molecule has 0 atom stereocenters. The summed E-state index contributed by atoms with van der Waals surface area (Å²) in [7, 11) is -4.69. The highest BCUT2D eigenvalue weighted by atomic mass is 32.2. The van der Waals surface area contributed by atoms with Gasteiger partial charge in [-0.1, -0.05) is 30.3 Å². The lowest BCUT2D eigenvalue weighted by Crippen LogP contribution is -2.25. The number of hydrogen-bond acceptors (Lipinski definition) is 8. The number of carbonyl (C=O) groups excluding carboxylic acids is 1. The Bertz CT molecular complexity index is 1190. The summed E-state index contributed by atoms with van der Waals surface area (Å²) in [6.45, 7) is 5.28. The summed E-state index contributed by atoms with van der Waals surface area (Å²) in [5, 5.41) is 10.3. The van der Waals surface area contributed by atoms with Crippen molar-refractivity contribution in [3.8, 4) is 6.01 Å². The Morgan fingerprint density at radius 1 is 1.17 bits per heavy atom. The van der Waals surface area contributed by atoms with Crippen LogP contribution < -0.4 is 4.72 Å². The maximum atomic E-state index is 12.2. The molecule has 3 rings (SSSR count). The van der Waals surface area contributed by atoms with Crippen LogP contribution in [0.1, 0.15) is 32.2 Å². The van der Waals surface area contributed by atoms with Crippen LogP contribution in [0.15, 0.2) is 30.3 Å². The summed E-state index contributed by atoms with van der Waals surface area (Å²) >= 11 is 0. The molecule has 3 aromatic rings. The lowest BCUT2D eigenvalue weighted by atomic mass is 10.2. The molecule has 0 amide bonds. The second-order valence-corrected chi connectivity index (χ2v) is 8.64. The van der Waals surface area contributed by atoms with Crippen molar-refractivity contribution in [2.24, 2.45) is 0 Å². The van der Waals surface area contributed by atoms with E-state index in [9.17, 15) is 22.9 Å². The molecule has 0 unspecified atom stereocenters. The minimum Gasteiger partial charge on any atom is -0.480 e. The van der Waals surface area contributed by atoms with Gasteiger partial charge < -0.3 is 9.84 Å².